The first-order valence-corrected chi connectivity index (χ1v) is 7.65. The standard InChI is InChI=1S/C15H17N3OS/c1-10-7-13(20-9-10)15(19)18-6-4-12(8-18)14-16-5-3-11(2)17-14/h3,5,7,9,12H,4,6,8H2,1-2H3/t12-/m0/s1. The van der Waals surface area contributed by atoms with Crippen molar-refractivity contribution in [2.45, 2.75) is 26.2 Å². The summed E-state index contributed by atoms with van der Waals surface area (Å²) in [5.74, 6) is 1.26. The van der Waals surface area contributed by atoms with E-state index in [-0.39, 0.29) is 11.8 Å². The predicted molar refractivity (Wildman–Crippen MR) is 79.1 cm³/mol. The number of carbonyl (C=O) groups excluding carboxylic acids is 1. The van der Waals surface area contributed by atoms with Crippen LogP contribution >= 0.6 is 11.3 Å². The number of amides is 1. The molecule has 1 aliphatic rings. The van der Waals surface area contributed by atoms with Crippen LogP contribution in [-0.4, -0.2) is 33.9 Å². The molecular formula is C15H17N3OS. The van der Waals surface area contributed by atoms with E-state index in [0.717, 1.165) is 41.5 Å². The molecular weight excluding hydrogens is 270 g/mol. The molecule has 0 radical (unpaired) electrons. The SMILES string of the molecule is Cc1csc(C(=O)N2CC[C@H](c3nccc(C)n3)C2)c1. The maximum Gasteiger partial charge on any atom is 0.263 e. The first kappa shape index (κ1) is 13.2. The molecule has 3 heterocycles. The van der Waals surface area contributed by atoms with Crippen LogP contribution in [0.5, 0.6) is 0 Å². The van der Waals surface area contributed by atoms with Crippen molar-refractivity contribution in [3.8, 4) is 0 Å². The van der Waals surface area contributed by atoms with Crippen molar-refractivity contribution in [1.29, 1.82) is 0 Å². The molecule has 20 heavy (non-hydrogen) atoms. The largest absolute Gasteiger partial charge is 0.337 e. The van der Waals surface area contributed by atoms with Crippen molar-refractivity contribution < 1.29 is 4.79 Å². The number of hydrogen-bond acceptors (Lipinski definition) is 4. The average Bonchev–Trinajstić information content (AvgIpc) is 3.07. The molecule has 0 bridgehead atoms. The Morgan fingerprint density at radius 1 is 1.45 bits per heavy atom. The van der Waals surface area contributed by atoms with Crippen molar-refractivity contribution >= 4 is 17.2 Å². The molecule has 0 unspecified atom stereocenters. The molecule has 1 aliphatic heterocycles. The summed E-state index contributed by atoms with van der Waals surface area (Å²) in [6.45, 7) is 5.50. The van der Waals surface area contributed by atoms with Gasteiger partial charge in [-0.25, -0.2) is 9.97 Å². The van der Waals surface area contributed by atoms with Crippen LogP contribution in [0.2, 0.25) is 0 Å². The monoisotopic (exact) mass is 287 g/mol. The molecule has 1 amide bonds. The Balaban J connectivity index is 1.72. The van der Waals surface area contributed by atoms with Gasteiger partial charge in [-0.2, -0.15) is 0 Å². The number of aromatic nitrogens is 2. The van der Waals surface area contributed by atoms with Crippen molar-refractivity contribution in [2.24, 2.45) is 0 Å². The highest BCUT2D eigenvalue weighted by Gasteiger charge is 2.30. The van der Waals surface area contributed by atoms with E-state index < -0.39 is 0 Å². The van der Waals surface area contributed by atoms with Gasteiger partial charge in [-0.3, -0.25) is 4.79 Å². The molecule has 0 spiro atoms. The molecule has 104 valence electrons. The normalized spacial score (nSPS) is 18.5. The van der Waals surface area contributed by atoms with Crippen LogP contribution in [-0.2, 0) is 0 Å². The number of rotatable bonds is 2. The van der Waals surface area contributed by atoms with Gasteiger partial charge in [0, 0.05) is 30.9 Å². The van der Waals surface area contributed by atoms with Crippen LogP contribution in [0.1, 0.15) is 39.1 Å². The second-order valence-electron chi connectivity index (χ2n) is 5.28. The van der Waals surface area contributed by atoms with Crippen LogP contribution < -0.4 is 0 Å². The van der Waals surface area contributed by atoms with Gasteiger partial charge in [0.2, 0.25) is 0 Å². The molecule has 2 aromatic heterocycles. The summed E-state index contributed by atoms with van der Waals surface area (Å²) in [6.07, 6.45) is 2.74. The van der Waals surface area contributed by atoms with Gasteiger partial charge >= 0.3 is 0 Å². The highest BCUT2D eigenvalue weighted by Crippen LogP contribution is 2.27. The first-order chi connectivity index (χ1) is 9.63. The zero-order valence-corrected chi connectivity index (χ0v) is 12.5. The molecule has 2 aromatic rings. The Bertz CT molecular complexity index is 638. The summed E-state index contributed by atoms with van der Waals surface area (Å²) >= 11 is 1.52. The fourth-order valence-corrected chi connectivity index (χ4v) is 3.38. The van der Waals surface area contributed by atoms with Crippen molar-refractivity contribution in [1.82, 2.24) is 14.9 Å². The lowest BCUT2D eigenvalue weighted by Gasteiger charge is -2.15. The minimum atomic E-state index is 0.137. The predicted octanol–water partition coefficient (Wildman–Crippen LogP) is 2.78. The van der Waals surface area contributed by atoms with E-state index >= 15 is 0 Å². The van der Waals surface area contributed by atoms with Crippen molar-refractivity contribution in [2.75, 3.05) is 13.1 Å². The van der Waals surface area contributed by atoms with Gasteiger partial charge in [0.05, 0.1) is 4.88 Å². The smallest absolute Gasteiger partial charge is 0.263 e. The van der Waals surface area contributed by atoms with Crippen LogP contribution in [0.3, 0.4) is 0 Å². The van der Waals surface area contributed by atoms with Crippen molar-refractivity contribution in [3.63, 3.8) is 0 Å². The Morgan fingerprint density at radius 2 is 2.30 bits per heavy atom. The quantitative estimate of drug-likeness (QED) is 0.853. The van der Waals surface area contributed by atoms with E-state index in [9.17, 15) is 4.79 Å². The van der Waals surface area contributed by atoms with Gasteiger partial charge in [-0.15, -0.1) is 11.3 Å². The molecule has 1 fully saturated rings. The molecule has 1 atom stereocenters. The lowest BCUT2D eigenvalue weighted by Crippen LogP contribution is -2.27. The number of aryl methyl sites for hydroxylation is 2. The minimum Gasteiger partial charge on any atom is -0.337 e. The van der Waals surface area contributed by atoms with Crippen LogP contribution in [0.25, 0.3) is 0 Å². The zero-order chi connectivity index (χ0) is 14.1. The number of thiophene rings is 1. The number of likely N-dealkylation sites (tertiary alicyclic amines) is 1. The molecule has 0 aliphatic carbocycles. The molecule has 0 aromatic carbocycles. The summed E-state index contributed by atoms with van der Waals surface area (Å²) in [4.78, 5) is 24.0. The second-order valence-corrected chi connectivity index (χ2v) is 6.19. The maximum absolute atomic E-state index is 12.4. The summed E-state index contributed by atoms with van der Waals surface area (Å²) in [6, 6.07) is 3.86. The van der Waals surface area contributed by atoms with Gasteiger partial charge in [0.1, 0.15) is 5.82 Å². The topological polar surface area (TPSA) is 46.1 Å². The van der Waals surface area contributed by atoms with E-state index in [2.05, 4.69) is 9.97 Å². The first-order valence-electron chi connectivity index (χ1n) is 6.77. The zero-order valence-electron chi connectivity index (χ0n) is 11.7. The maximum atomic E-state index is 12.4. The highest BCUT2D eigenvalue weighted by molar-refractivity contribution is 7.12. The Morgan fingerprint density at radius 3 is 3.00 bits per heavy atom. The van der Waals surface area contributed by atoms with Crippen LogP contribution in [0.4, 0.5) is 0 Å². The van der Waals surface area contributed by atoms with Crippen LogP contribution in [0.15, 0.2) is 23.7 Å². The summed E-state index contributed by atoms with van der Waals surface area (Å²) < 4.78 is 0. The third-order valence-corrected chi connectivity index (χ3v) is 4.63. The van der Waals surface area contributed by atoms with Gasteiger partial charge in [0.15, 0.2) is 0 Å². The molecule has 1 saturated heterocycles. The third kappa shape index (κ3) is 2.58. The van der Waals surface area contributed by atoms with Gasteiger partial charge in [-0.05, 0) is 43.3 Å². The van der Waals surface area contributed by atoms with E-state index in [4.69, 9.17) is 0 Å². The lowest BCUT2D eigenvalue weighted by molar-refractivity contribution is 0.0795. The van der Waals surface area contributed by atoms with E-state index in [1.807, 2.05) is 36.3 Å². The van der Waals surface area contributed by atoms with E-state index in [1.54, 1.807) is 6.20 Å². The number of carbonyl (C=O) groups is 1. The average molecular weight is 287 g/mol. The molecule has 0 saturated carbocycles. The molecule has 3 rings (SSSR count). The number of hydrogen-bond donors (Lipinski definition) is 0. The minimum absolute atomic E-state index is 0.137. The van der Waals surface area contributed by atoms with Gasteiger partial charge in [-0.1, -0.05) is 0 Å². The molecule has 4 nitrogen and oxygen atoms in total. The summed E-state index contributed by atoms with van der Waals surface area (Å²) in [5, 5.41) is 2.02. The summed E-state index contributed by atoms with van der Waals surface area (Å²) in [5.41, 5.74) is 2.13. The Kier molecular flexibility index (Phi) is 3.53. The molecule has 5 heteroatoms. The van der Waals surface area contributed by atoms with E-state index in [1.165, 1.54) is 11.3 Å². The van der Waals surface area contributed by atoms with Gasteiger partial charge in [0.25, 0.3) is 5.91 Å². The van der Waals surface area contributed by atoms with Crippen molar-refractivity contribution in [3.05, 3.63) is 45.7 Å². The fraction of sp³-hybridized carbons (Fsp3) is 0.400. The lowest BCUT2D eigenvalue weighted by atomic mass is 10.1. The van der Waals surface area contributed by atoms with Crippen LogP contribution in [0, 0.1) is 13.8 Å². The molecule has 0 N–H and O–H groups in total. The van der Waals surface area contributed by atoms with Gasteiger partial charge < -0.3 is 4.90 Å². The number of nitrogens with zero attached hydrogens (tertiary/aromatic N) is 3. The Labute approximate surface area is 122 Å². The van der Waals surface area contributed by atoms with E-state index in [0.29, 0.717) is 0 Å². The second kappa shape index (κ2) is 5.32. The summed E-state index contributed by atoms with van der Waals surface area (Å²) in [7, 11) is 0. The fourth-order valence-electron chi connectivity index (χ4n) is 2.52. The highest BCUT2D eigenvalue weighted by atomic mass is 32.1. The third-order valence-electron chi connectivity index (χ3n) is 3.60. The Hall–Kier alpha value is -1.75.